The van der Waals surface area contributed by atoms with Gasteiger partial charge in [-0.05, 0) is 31.9 Å². The van der Waals surface area contributed by atoms with Gasteiger partial charge in [0.2, 0.25) is 0 Å². The van der Waals surface area contributed by atoms with Gasteiger partial charge in [-0.15, -0.1) is 11.3 Å². The summed E-state index contributed by atoms with van der Waals surface area (Å²) in [6.45, 7) is 3.84. The zero-order chi connectivity index (χ0) is 12.3. The van der Waals surface area contributed by atoms with E-state index in [9.17, 15) is 0 Å². The highest BCUT2D eigenvalue weighted by Crippen LogP contribution is 2.38. The van der Waals surface area contributed by atoms with Gasteiger partial charge in [-0.2, -0.15) is 0 Å². The van der Waals surface area contributed by atoms with E-state index in [-0.39, 0.29) is 12.1 Å². The van der Waals surface area contributed by atoms with Crippen molar-refractivity contribution in [2.24, 2.45) is 0 Å². The van der Waals surface area contributed by atoms with Crippen LogP contribution in [-0.4, -0.2) is 19.3 Å². The molecule has 17 heavy (non-hydrogen) atoms. The molecule has 0 amide bonds. The Labute approximate surface area is 116 Å². The van der Waals surface area contributed by atoms with Crippen molar-refractivity contribution in [3.63, 3.8) is 0 Å². The van der Waals surface area contributed by atoms with Crippen LogP contribution >= 0.6 is 34.5 Å². The van der Waals surface area contributed by atoms with Crippen LogP contribution in [0.15, 0.2) is 6.07 Å². The topological polar surface area (TPSA) is 21.3 Å². The van der Waals surface area contributed by atoms with Gasteiger partial charge in [-0.3, -0.25) is 0 Å². The fourth-order valence-corrected chi connectivity index (χ4v) is 3.80. The predicted molar refractivity (Wildman–Crippen MR) is 74.3 cm³/mol. The van der Waals surface area contributed by atoms with Crippen LogP contribution in [0.1, 0.15) is 37.8 Å². The maximum atomic E-state index is 6.23. The van der Waals surface area contributed by atoms with E-state index in [1.807, 2.05) is 6.07 Å². The van der Waals surface area contributed by atoms with Gasteiger partial charge in [-0.1, -0.05) is 30.1 Å². The molecule has 1 aromatic heterocycles. The Morgan fingerprint density at radius 2 is 2.35 bits per heavy atom. The number of nitrogens with one attached hydrogen (secondary N) is 1. The van der Waals surface area contributed by atoms with Gasteiger partial charge in [0.05, 0.1) is 20.8 Å². The number of rotatable bonds is 4. The second-order valence-electron chi connectivity index (χ2n) is 4.22. The Balaban J connectivity index is 2.18. The first kappa shape index (κ1) is 13.6. The van der Waals surface area contributed by atoms with Crippen LogP contribution in [0.25, 0.3) is 0 Å². The lowest BCUT2D eigenvalue weighted by atomic mass is 9.97. The normalized spacial score (nSPS) is 22.6. The molecule has 1 aliphatic rings. The van der Waals surface area contributed by atoms with Crippen molar-refractivity contribution in [3.05, 3.63) is 20.3 Å². The molecule has 1 aromatic rings. The fraction of sp³-hybridized carbons (Fsp3) is 0.667. The largest absolute Gasteiger partial charge is 0.376 e. The van der Waals surface area contributed by atoms with Gasteiger partial charge < -0.3 is 10.1 Å². The van der Waals surface area contributed by atoms with Gasteiger partial charge >= 0.3 is 0 Å². The lowest BCUT2D eigenvalue weighted by Crippen LogP contribution is -2.35. The second-order valence-corrected chi connectivity index (χ2v) is 6.51. The van der Waals surface area contributed by atoms with E-state index in [1.165, 1.54) is 17.8 Å². The van der Waals surface area contributed by atoms with Gasteiger partial charge in [0.15, 0.2) is 0 Å². The number of hydrogen-bond acceptors (Lipinski definition) is 3. The molecule has 0 spiro atoms. The van der Waals surface area contributed by atoms with Crippen LogP contribution in [0.3, 0.4) is 0 Å². The third-order valence-corrected chi connectivity index (χ3v) is 4.55. The highest BCUT2D eigenvalue weighted by molar-refractivity contribution is 7.20. The van der Waals surface area contributed by atoms with E-state index in [0.717, 1.165) is 40.2 Å². The summed E-state index contributed by atoms with van der Waals surface area (Å²) < 4.78 is 7.36. The van der Waals surface area contributed by atoms with Crippen molar-refractivity contribution in [1.29, 1.82) is 0 Å². The first-order chi connectivity index (χ1) is 8.22. The molecule has 2 unspecified atom stereocenters. The number of thiophene rings is 1. The summed E-state index contributed by atoms with van der Waals surface area (Å²) >= 11 is 13.7. The molecule has 96 valence electrons. The van der Waals surface area contributed by atoms with Gasteiger partial charge in [0, 0.05) is 12.2 Å². The molecule has 1 aliphatic heterocycles. The third-order valence-electron chi connectivity index (χ3n) is 3.03. The third kappa shape index (κ3) is 3.36. The van der Waals surface area contributed by atoms with E-state index >= 15 is 0 Å². The molecule has 0 radical (unpaired) electrons. The smallest absolute Gasteiger partial charge is 0.0992 e. The lowest BCUT2D eigenvalue weighted by Gasteiger charge is -2.31. The highest BCUT2D eigenvalue weighted by atomic mass is 35.5. The quantitative estimate of drug-likeness (QED) is 0.895. The summed E-state index contributed by atoms with van der Waals surface area (Å²) in [4.78, 5) is 0. The van der Waals surface area contributed by atoms with Crippen LogP contribution < -0.4 is 5.32 Å². The molecule has 0 saturated carbocycles. The SMILES string of the molecule is CCNC(c1cc(Cl)sc1Cl)C1CCCCO1. The molecule has 1 saturated heterocycles. The summed E-state index contributed by atoms with van der Waals surface area (Å²) in [5.41, 5.74) is 1.08. The van der Waals surface area contributed by atoms with E-state index < -0.39 is 0 Å². The average Bonchev–Trinajstić information content (AvgIpc) is 2.66. The van der Waals surface area contributed by atoms with Crippen molar-refractivity contribution in [2.75, 3.05) is 13.2 Å². The van der Waals surface area contributed by atoms with Gasteiger partial charge in [-0.25, -0.2) is 0 Å². The van der Waals surface area contributed by atoms with Crippen LogP contribution in [0, 0.1) is 0 Å². The van der Waals surface area contributed by atoms with Gasteiger partial charge in [0.25, 0.3) is 0 Å². The molecule has 1 fully saturated rings. The summed E-state index contributed by atoms with van der Waals surface area (Å²) in [5, 5.41) is 3.46. The molecule has 0 bridgehead atoms. The minimum absolute atomic E-state index is 0.163. The van der Waals surface area contributed by atoms with Crippen molar-refractivity contribution in [3.8, 4) is 0 Å². The second kappa shape index (κ2) is 6.39. The van der Waals surface area contributed by atoms with Crippen LogP contribution in [-0.2, 0) is 4.74 Å². The molecule has 2 atom stereocenters. The molecule has 2 nitrogen and oxygen atoms in total. The Morgan fingerprint density at radius 1 is 1.53 bits per heavy atom. The first-order valence-electron chi connectivity index (χ1n) is 6.02. The number of hydrogen-bond donors (Lipinski definition) is 1. The monoisotopic (exact) mass is 293 g/mol. The van der Waals surface area contributed by atoms with E-state index in [1.54, 1.807) is 0 Å². The number of likely N-dealkylation sites (N-methyl/N-ethyl adjacent to an activating group) is 1. The number of halogens is 2. The molecular formula is C12H17Cl2NOS. The van der Waals surface area contributed by atoms with Crippen molar-refractivity contribution in [2.45, 2.75) is 38.3 Å². The molecule has 2 rings (SSSR count). The van der Waals surface area contributed by atoms with Gasteiger partial charge in [0.1, 0.15) is 0 Å². The number of ether oxygens (including phenoxy) is 1. The lowest BCUT2D eigenvalue weighted by molar-refractivity contribution is -0.00775. The van der Waals surface area contributed by atoms with E-state index in [0.29, 0.717) is 0 Å². The summed E-state index contributed by atoms with van der Waals surface area (Å²) in [6, 6.07) is 2.12. The Kier molecular flexibility index (Phi) is 5.12. The zero-order valence-corrected chi connectivity index (χ0v) is 12.2. The molecule has 0 aromatic carbocycles. The maximum absolute atomic E-state index is 6.23. The molecule has 2 heterocycles. The predicted octanol–water partition coefficient (Wildman–Crippen LogP) is 4.27. The van der Waals surface area contributed by atoms with Crippen molar-refractivity contribution >= 4 is 34.5 Å². The highest BCUT2D eigenvalue weighted by Gasteiger charge is 2.28. The van der Waals surface area contributed by atoms with Crippen molar-refractivity contribution < 1.29 is 4.74 Å². The van der Waals surface area contributed by atoms with E-state index in [2.05, 4.69) is 12.2 Å². The summed E-state index contributed by atoms with van der Waals surface area (Å²) in [6.07, 6.45) is 3.68. The van der Waals surface area contributed by atoms with E-state index in [4.69, 9.17) is 27.9 Å². The summed E-state index contributed by atoms with van der Waals surface area (Å²) in [7, 11) is 0. The average molecular weight is 294 g/mol. The Bertz CT molecular complexity index is 363. The van der Waals surface area contributed by atoms with Crippen LogP contribution in [0.2, 0.25) is 8.67 Å². The first-order valence-corrected chi connectivity index (χ1v) is 7.59. The minimum Gasteiger partial charge on any atom is -0.376 e. The maximum Gasteiger partial charge on any atom is 0.0992 e. The van der Waals surface area contributed by atoms with Crippen LogP contribution in [0.4, 0.5) is 0 Å². The Morgan fingerprint density at radius 3 is 2.88 bits per heavy atom. The molecule has 1 N–H and O–H groups in total. The fourth-order valence-electron chi connectivity index (χ4n) is 2.26. The molecular weight excluding hydrogens is 277 g/mol. The molecule has 5 heteroatoms. The summed E-state index contributed by atoms with van der Waals surface area (Å²) in [5.74, 6) is 0. The Hall–Kier alpha value is 0.200. The van der Waals surface area contributed by atoms with Crippen molar-refractivity contribution in [1.82, 2.24) is 5.32 Å². The zero-order valence-electron chi connectivity index (χ0n) is 9.84. The molecule has 0 aliphatic carbocycles. The van der Waals surface area contributed by atoms with Crippen LogP contribution in [0.5, 0.6) is 0 Å². The standard InChI is InChI=1S/C12H17Cl2NOS/c1-2-15-11(9-5-3-4-6-16-9)8-7-10(13)17-12(8)14/h7,9,11,15H,2-6H2,1H3. The minimum atomic E-state index is 0.163.